The summed E-state index contributed by atoms with van der Waals surface area (Å²) in [6, 6.07) is -0.0573. The topological polar surface area (TPSA) is 93.5 Å². The predicted octanol–water partition coefficient (Wildman–Crippen LogP) is -0.435. The SMILES string of the molecule is CCCN=C(N)NC(C)CC(N)=O. The second-order valence-electron chi connectivity index (χ2n) is 2.98. The number of carbonyl (C=O) groups excluding carboxylic acids is 1. The van der Waals surface area contributed by atoms with E-state index in [1.807, 2.05) is 13.8 Å². The molecule has 5 N–H and O–H groups in total. The number of guanidine groups is 1. The molecule has 1 amide bonds. The Morgan fingerprint density at radius 1 is 1.54 bits per heavy atom. The summed E-state index contributed by atoms with van der Waals surface area (Å²) in [6.07, 6.45) is 1.22. The van der Waals surface area contributed by atoms with Crippen molar-refractivity contribution in [2.24, 2.45) is 16.5 Å². The van der Waals surface area contributed by atoms with E-state index >= 15 is 0 Å². The lowest BCUT2D eigenvalue weighted by Crippen LogP contribution is -2.40. The third-order valence-corrected chi connectivity index (χ3v) is 1.41. The summed E-state index contributed by atoms with van der Waals surface area (Å²) in [7, 11) is 0. The van der Waals surface area contributed by atoms with Crippen molar-refractivity contribution >= 4 is 11.9 Å². The summed E-state index contributed by atoms with van der Waals surface area (Å²) in [4.78, 5) is 14.5. The van der Waals surface area contributed by atoms with E-state index in [0.29, 0.717) is 12.5 Å². The monoisotopic (exact) mass is 186 g/mol. The Morgan fingerprint density at radius 3 is 2.62 bits per heavy atom. The Bertz CT molecular complexity index is 191. The molecule has 0 bridgehead atoms. The Kier molecular flexibility index (Phi) is 5.67. The van der Waals surface area contributed by atoms with Crippen LogP contribution in [0.25, 0.3) is 0 Å². The van der Waals surface area contributed by atoms with Gasteiger partial charge in [-0.15, -0.1) is 0 Å². The lowest BCUT2D eigenvalue weighted by molar-refractivity contribution is -0.118. The van der Waals surface area contributed by atoms with E-state index < -0.39 is 0 Å². The number of rotatable bonds is 5. The Morgan fingerprint density at radius 2 is 2.15 bits per heavy atom. The third kappa shape index (κ3) is 7.11. The van der Waals surface area contributed by atoms with Gasteiger partial charge in [-0.25, -0.2) is 0 Å². The van der Waals surface area contributed by atoms with Gasteiger partial charge < -0.3 is 16.8 Å². The van der Waals surface area contributed by atoms with Crippen molar-refractivity contribution < 1.29 is 4.79 Å². The first-order chi connectivity index (χ1) is 6.06. The maximum absolute atomic E-state index is 10.5. The highest BCUT2D eigenvalue weighted by Gasteiger charge is 2.05. The average Bonchev–Trinajstić information content (AvgIpc) is 1.98. The smallest absolute Gasteiger partial charge is 0.219 e. The van der Waals surface area contributed by atoms with E-state index in [-0.39, 0.29) is 18.4 Å². The highest BCUT2D eigenvalue weighted by atomic mass is 16.1. The maximum Gasteiger partial charge on any atom is 0.219 e. The van der Waals surface area contributed by atoms with E-state index in [1.165, 1.54) is 0 Å². The van der Waals surface area contributed by atoms with Crippen LogP contribution in [0.15, 0.2) is 4.99 Å². The number of nitrogens with two attached hydrogens (primary N) is 2. The van der Waals surface area contributed by atoms with Gasteiger partial charge in [0, 0.05) is 19.0 Å². The van der Waals surface area contributed by atoms with Crippen LogP contribution >= 0.6 is 0 Å². The molecule has 0 aliphatic carbocycles. The summed E-state index contributed by atoms with van der Waals surface area (Å²) < 4.78 is 0. The molecule has 0 aliphatic rings. The van der Waals surface area contributed by atoms with Crippen molar-refractivity contribution in [3.05, 3.63) is 0 Å². The number of amides is 1. The standard InChI is InChI=1S/C8H18N4O/c1-3-4-11-8(10)12-6(2)5-7(9)13/h6H,3-5H2,1-2H3,(H2,9,13)(H3,10,11,12). The van der Waals surface area contributed by atoms with Crippen LogP contribution in [0, 0.1) is 0 Å². The molecule has 76 valence electrons. The minimum Gasteiger partial charge on any atom is -0.370 e. The maximum atomic E-state index is 10.5. The molecule has 1 atom stereocenters. The van der Waals surface area contributed by atoms with E-state index in [2.05, 4.69) is 10.3 Å². The summed E-state index contributed by atoms with van der Waals surface area (Å²) in [6.45, 7) is 4.55. The Hall–Kier alpha value is -1.26. The van der Waals surface area contributed by atoms with E-state index in [0.717, 1.165) is 6.42 Å². The van der Waals surface area contributed by atoms with Crippen LogP contribution in [0.4, 0.5) is 0 Å². The fraction of sp³-hybridized carbons (Fsp3) is 0.750. The molecule has 5 heteroatoms. The Labute approximate surface area is 78.6 Å². The van der Waals surface area contributed by atoms with Gasteiger partial charge >= 0.3 is 0 Å². The van der Waals surface area contributed by atoms with Crippen molar-refractivity contribution in [1.82, 2.24) is 5.32 Å². The number of carbonyl (C=O) groups is 1. The average molecular weight is 186 g/mol. The first kappa shape index (κ1) is 11.7. The predicted molar refractivity (Wildman–Crippen MR) is 53.2 cm³/mol. The molecule has 1 unspecified atom stereocenters. The molecule has 0 heterocycles. The Balaban J connectivity index is 3.76. The highest BCUT2D eigenvalue weighted by molar-refractivity contribution is 5.79. The second-order valence-corrected chi connectivity index (χ2v) is 2.98. The van der Waals surface area contributed by atoms with Crippen LogP contribution in [-0.2, 0) is 4.79 Å². The fourth-order valence-corrected chi connectivity index (χ4v) is 0.883. The quantitative estimate of drug-likeness (QED) is 0.401. The summed E-state index contributed by atoms with van der Waals surface area (Å²) >= 11 is 0. The van der Waals surface area contributed by atoms with Crippen LogP contribution in [0.3, 0.4) is 0 Å². The molecule has 0 spiro atoms. The number of aliphatic imine (C=N–C) groups is 1. The number of hydrogen-bond acceptors (Lipinski definition) is 2. The lowest BCUT2D eigenvalue weighted by Gasteiger charge is -2.11. The molecule has 5 nitrogen and oxygen atoms in total. The zero-order valence-electron chi connectivity index (χ0n) is 8.21. The molecule has 0 radical (unpaired) electrons. The van der Waals surface area contributed by atoms with Crippen molar-refractivity contribution in [2.75, 3.05) is 6.54 Å². The van der Waals surface area contributed by atoms with Gasteiger partial charge in [0.25, 0.3) is 0 Å². The van der Waals surface area contributed by atoms with E-state index in [1.54, 1.807) is 0 Å². The molecular weight excluding hydrogens is 168 g/mol. The van der Waals surface area contributed by atoms with Crippen LogP contribution < -0.4 is 16.8 Å². The van der Waals surface area contributed by atoms with Gasteiger partial charge in [0.05, 0.1) is 0 Å². The summed E-state index contributed by atoms with van der Waals surface area (Å²) in [5.41, 5.74) is 10.5. The third-order valence-electron chi connectivity index (χ3n) is 1.41. The van der Waals surface area contributed by atoms with E-state index in [4.69, 9.17) is 11.5 Å². The van der Waals surface area contributed by atoms with Crippen molar-refractivity contribution in [3.8, 4) is 0 Å². The molecule has 13 heavy (non-hydrogen) atoms. The zero-order chi connectivity index (χ0) is 10.3. The highest BCUT2D eigenvalue weighted by Crippen LogP contribution is 1.88. The summed E-state index contributed by atoms with van der Waals surface area (Å²) in [5, 5.41) is 2.87. The number of nitrogens with zero attached hydrogens (tertiary/aromatic N) is 1. The molecule has 0 aromatic rings. The number of nitrogens with one attached hydrogen (secondary N) is 1. The van der Waals surface area contributed by atoms with Gasteiger partial charge in [0.15, 0.2) is 5.96 Å². The van der Waals surface area contributed by atoms with Crippen molar-refractivity contribution in [1.29, 1.82) is 0 Å². The number of primary amides is 1. The molecule has 0 aromatic carbocycles. The number of hydrogen-bond donors (Lipinski definition) is 3. The van der Waals surface area contributed by atoms with E-state index in [9.17, 15) is 4.79 Å². The normalized spacial score (nSPS) is 13.8. The van der Waals surface area contributed by atoms with Gasteiger partial charge in [0.2, 0.25) is 5.91 Å². The van der Waals surface area contributed by atoms with Gasteiger partial charge in [-0.3, -0.25) is 9.79 Å². The zero-order valence-corrected chi connectivity index (χ0v) is 8.21. The minimum atomic E-state index is -0.344. The van der Waals surface area contributed by atoms with Crippen LogP contribution in [0.5, 0.6) is 0 Å². The summed E-state index contributed by atoms with van der Waals surface area (Å²) in [5.74, 6) is 0.0268. The largest absolute Gasteiger partial charge is 0.370 e. The van der Waals surface area contributed by atoms with Gasteiger partial charge in [0.1, 0.15) is 0 Å². The van der Waals surface area contributed by atoms with Gasteiger partial charge in [-0.1, -0.05) is 6.92 Å². The van der Waals surface area contributed by atoms with Crippen LogP contribution in [-0.4, -0.2) is 24.5 Å². The lowest BCUT2D eigenvalue weighted by atomic mass is 10.2. The molecular formula is C8H18N4O. The van der Waals surface area contributed by atoms with Crippen LogP contribution in [0.2, 0.25) is 0 Å². The fourth-order valence-electron chi connectivity index (χ4n) is 0.883. The molecule has 0 aromatic heterocycles. The van der Waals surface area contributed by atoms with Crippen molar-refractivity contribution in [2.45, 2.75) is 32.7 Å². The molecule has 0 saturated carbocycles. The van der Waals surface area contributed by atoms with Gasteiger partial charge in [-0.05, 0) is 13.3 Å². The van der Waals surface area contributed by atoms with Crippen molar-refractivity contribution in [3.63, 3.8) is 0 Å². The first-order valence-corrected chi connectivity index (χ1v) is 4.41. The molecule has 0 saturated heterocycles. The molecule has 0 fully saturated rings. The minimum absolute atomic E-state index is 0.0573. The molecule has 0 aliphatic heterocycles. The first-order valence-electron chi connectivity index (χ1n) is 4.41. The molecule has 0 rings (SSSR count). The van der Waals surface area contributed by atoms with Crippen LogP contribution in [0.1, 0.15) is 26.7 Å². The van der Waals surface area contributed by atoms with Gasteiger partial charge in [-0.2, -0.15) is 0 Å². The second kappa shape index (κ2) is 6.28.